The van der Waals surface area contributed by atoms with Crippen molar-refractivity contribution in [2.24, 2.45) is 0 Å². The van der Waals surface area contributed by atoms with Crippen LogP contribution in [-0.2, 0) is 4.74 Å². The average molecular weight is 378 g/mol. The SMILES string of the molecule is CC(C)c1nc([C@@H]2COCCN2C(=O)c2cncc(-c3ccccc3)c2)no1. The van der Waals surface area contributed by atoms with Crippen LogP contribution in [0.5, 0.6) is 0 Å². The summed E-state index contributed by atoms with van der Waals surface area (Å²) >= 11 is 0. The van der Waals surface area contributed by atoms with Gasteiger partial charge in [-0.1, -0.05) is 49.3 Å². The van der Waals surface area contributed by atoms with Crippen LogP contribution < -0.4 is 0 Å². The molecule has 0 saturated carbocycles. The molecule has 0 unspecified atom stereocenters. The summed E-state index contributed by atoms with van der Waals surface area (Å²) in [5.41, 5.74) is 2.45. The minimum Gasteiger partial charge on any atom is -0.377 e. The molecular formula is C21H22N4O3. The fraction of sp³-hybridized carbons (Fsp3) is 0.333. The third-order valence-corrected chi connectivity index (χ3v) is 4.73. The Kier molecular flexibility index (Phi) is 5.16. The summed E-state index contributed by atoms with van der Waals surface area (Å²) in [5.74, 6) is 1.04. The van der Waals surface area contributed by atoms with Gasteiger partial charge in [-0.3, -0.25) is 9.78 Å². The Labute approximate surface area is 163 Å². The fourth-order valence-electron chi connectivity index (χ4n) is 3.19. The predicted molar refractivity (Wildman–Crippen MR) is 103 cm³/mol. The molecule has 3 aromatic rings. The van der Waals surface area contributed by atoms with Crippen molar-refractivity contribution in [1.82, 2.24) is 20.0 Å². The van der Waals surface area contributed by atoms with Crippen LogP contribution >= 0.6 is 0 Å². The molecule has 1 atom stereocenters. The maximum Gasteiger partial charge on any atom is 0.256 e. The number of nitrogens with zero attached hydrogens (tertiary/aromatic N) is 4. The van der Waals surface area contributed by atoms with Gasteiger partial charge in [0.1, 0.15) is 6.04 Å². The van der Waals surface area contributed by atoms with E-state index in [-0.39, 0.29) is 17.9 Å². The lowest BCUT2D eigenvalue weighted by Crippen LogP contribution is -2.43. The largest absolute Gasteiger partial charge is 0.377 e. The second-order valence-corrected chi connectivity index (χ2v) is 7.06. The molecule has 7 heteroatoms. The van der Waals surface area contributed by atoms with Crippen molar-refractivity contribution in [3.05, 3.63) is 66.1 Å². The number of ether oxygens (including phenoxy) is 1. The summed E-state index contributed by atoms with van der Waals surface area (Å²) in [4.78, 5) is 23.7. The number of hydrogen-bond acceptors (Lipinski definition) is 6. The summed E-state index contributed by atoms with van der Waals surface area (Å²) in [6.45, 7) is 5.25. The second-order valence-electron chi connectivity index (χ2n) is 7.06. The molecule has 0 radical (unpaired) electrons. The van der Waals surface area contributed by atoms with Crippen molar-refractivity contribution in [2.45, 2.75) is 25.8 Å². The van der Waals surface area contributed by atoms with E-state index in [0.29, 0.717) is 37.0 Å². The van der Waals surface area contributed by atoms with Gasteiger partial charge in [-0.15, -0.1) is 0 Å². The van der Waals surface area contributed by atoms with E-state index < -0.39 is 0 Å². The first-order valence-corrected chi connectivity index (χ1v) is 9.36. The highest BCUT2D eigenvalue weighted by molar-refractivity contribution is 5.95. The Morgan fingerprint density at radius 1 is 1.18 bits per heavy atom. The van der Waals surface area contributed by atoms with Crippen LogP contribution in [-0.4, -0.2) is 45.7 Å². The molecule has 0 N–H and O–H groups in total. The zero-order valence-corrected chi connectivity index (χ0v) is 15.9. The maximum atomic E-state index is 13.3. The van der Waals surface area contributed by atoms with E-state index in [4.69, 9.17) is 9.26 Å². The molecule has 1 saturated heterocycles. The highest BCUT2D eigenvalue weighted by Crippen LogP contribution is 2.26. The molecule has 144 valence electrons. The minimum atomic E-state index is -0.377. The molecule has 0 aliphatic carbocycles. The quantitative estimate of drug-likeness (QED) is 0.691. The standard InChI is InChI=1S/C21H22N4O3/c1-14(2)20-23-19(24-28-20)18-13-27-9-8-25(18)21(26)17-10-16(11-22-12-17)15-6-4-3-5-7-15/h3-7,10-12,14,18H,8-9,13H2,1-2H3/t18-/m0/s1. The van der Waals surface area contributed by atoms with Gasteiger partial charge in [0.05, 0.1) is 18.8 Å². The van der Waals surface area contributed by atoms with Crippen molar-refractivity contribution in [3.63, 3.8) is 0 Å². The maximum absolute atomic E-state index is 13.3. The highest BCUT2D eigenvalue weighted by Gasteiger charge is 2.33. The van der Waals surface area contributed by atoms with Gasteiger partial charge >= 0.3 is 0 Å². The first kappa shape index (κ1) is 18.3. The highest BCUT2D eigenvalue weighted by atomic mass is 16.5. The van der Waals surface area contributed by atoms with E-state index in [2.05, 4.69) is 15.1 Å². The van der Waals surface area contributed by atoms with Gasteiger partial charge in [-0.05, 0) is 11.6 Å². The van der Waals surface area contributed by atoms with Crippen molar-refractivity contribution in [2.75, 3.05) is 19.8 Å². The summed E-state index contributed by atoms with van der Waals surface area (Å²) in [6, 6.07) is 11.4. The van der Waals surface area contributed by atoms with E-state index in [1.165, 1.54) is 0 Å². The van der Waals surface area contributed by atoms with Crippen molar-refractivity contribution < 1.29 is 14.1 Å². The lowest BCUT2D eigenvalue weighted by molar-refractivity contribution is -0.00578. The van der Waals surface area contributed by atoms with E-state index in [1.54, 1.807) is 17.3 Å². The zero-order chi connectivity index (χ0) is 19.5. The Balaban J connectivity index is 1.62. The van der Waals surface area contributed by atoms with E-state index in [0.717, 1.165) is 11.1 Å². The van der Waals surface area contributed by atoms with E-state index in [1.807, 2.05) is 50.2 Å². The summed E-state index contributed by atoms with van der Waals surface area (Å²) < 4.78 is 10.9. The molecule has 28 heavy (non-hydrogen) atoms. The smallest absolute Gasteiger partial charge is 0.256 e. The van der Waals surface area contributed by atoms with Gasteiger partial charge in [-0.25, -0.2) is 0 Å². The van der Waals surface area contributed by atoms with Crippen LogP contribution in [0, 0.1) is 0 Å². The van der Waals surface area contributed by atoms with Crippen LogP contribution in [0.3, 0.4) is 0 Å². The molecule has 1 aromatic carbocycles. The number of hydrogen-bond donors (Lipinski definition) is 0. The lowest BCUT2D eigenvalue weighted by Gasteiger charge is -2.33. The molecule has 7 nitrogen and oxygen atoms in total. The molecule has 1 aliphatic rings. The third kappa shape index (κ3) is 3.66. The number of pyridine rings is 1. The van der Waals surface area contributed by atoms with Gasteiger partial charge in [0, 0.05) is 30.4 Å². The van der Waals surface area contributed by atoms with Crippen molar-refractivity contribution in [1.29, 1.82) is 0 Å². The fourth-order valence-corrected chi connectivity index (χ4v) is 3.19. The Morgan fingerprint density at radius 2 is 2.00 bits per heavy atom. The number of benzene rings is 1. The first-order chi connectivity index (χ1) is 13.6. The normalized spacial score (nSPS) is 17.1. The predicted octanol–water partition coefficient (Wildman–Crippen LogP) is 3.47. The third-order valence-electron chi connectivity index (χ3n) is 4.73. The van der Waals surface area contributed by atoms with Crippen LogP contribution in [0.15, 0.2) is 53.3 Å². The molecule has 1 fully saturated rings. The van der Waals surface area contributed by atoms with Gasteiger partial charge in [0.25, 0.3) is 5.91 Å². The Bertz CT molecular complexity index is 955. The molecule has 1 amide bonds. The monoisotopic (exact) mass is 378 g/mol. The molecule has 0 spiro atoms. The molecular weight excluding hydrogens is 356 g/mol. The minimum absolute atomic E-state index is 0.116. The summed E-state index contributed by atoms with van der Waals surface area (Å²) in [6.07, 6.45) is 3.36. The Morgan fingerprint density at radius 3 is 2.75 bits per heavy atom. The second kappa shape index (κ2) is 7.90. The van der Waals surface area contributed by atoms with Gasteiger partial charge in [0.15, 0.2) is 5.82 Å². The number of amides is 1. The van der Waals surface area contributed by atoms with Gasteiger partial charge in [0.2, 0.25) is 5.89 Å². The van der Waals surface area contributed by atoms with Crippen LogP contribution in [0.25, 0.3) is 11.1 Å². The van der Waals surface area contributed by atoms with Crippen molar-refractivity contribution >= 4 is 5.91 Å². The lowest BCUT2D eigenvalue weighted by atomic mass is 10.1. The van der Waals surface area contributed by atoms with Crippen LogP contribution in [0.4, 0.5) is 0 Å². The summed E-state index contributed by atoms with van der Waals surface area (Å²) in [7, 11) is 0. The molecule has 2 aromatic heterocycles. The van der Waals surface area contributed by atoms with E-state index in [9.17, 15) is 4.79 Å². The zero-order valence-electron chi connectivity index (χ0n) is 15.9. The van der Waals surface area contributed by atoms with Gasteiger partial charge < -0.3 is 14.2 Å². The van der Waals surface area contributed by atoms with Crippen molar-refractivity contribution in [3.8, 4) is 11.1 Å². The molecule has 1 aliphatic heterocycles. The summed E-state index contributed by atoms with van der Waals surface area (Å²) in [5, 5.41) is 4.08. The molecule has 3 heterocycles. The number of carbonyl (C=O) groups excluding carboxylic acids is 1. The number of carbonyl (C=O) groups is 1. The van der Waals surface area contributed by atoms with Crippen LogP contribution in [0.2, 0.25) is 0 Å². The van der Waals surface area contributed by atoms with Crippen LogP contribution in [0.1, 0.15) is 47.9 Å². The van der Waals surface area contributed by atoms with E-state index >= 15 is 0 Å². The topological polar surface area (TPSA) is 81.4 Å². The number of aromatic nitrogens is 3. The first-order valence-electron chi connectivity index (χ1n) is 9.36. The van der Waals surface area contributed by atoms with Gasteiger partial charge in [-0.2, -0.15) is 4.98 Å². The Hall–Kier alpha value is -3.06. The number of morpholine rings is 1. The molecule has 4 rings (SSSR count). The molecule has 0 bridgehead atoms. The average Bonchev–Trinajstić information content (AvgIpc) is 3.24. The number of rotatable bonds is 4.